The maximum atomic E-state index is 13.5. The highest BCUT2D eigenvalue weighted by Crippen LogP contribution is 2.32. The van der Waals surface area contributed by atoms with Crippen LogP contribution in [0.3, 0.4) is 0 Å². The van der Waals surface area contributed by atoms with Gasteiger partial charge in [0.25, 0.3) is 5.91 Å². The number of nitrogens with one attached hydrogen (secondary N) is 1. The van der Waals surface area contributed by atoms with Crippen LogP contribution in [0.25, 0.3) is 22.3 Å². The molecular weight excluding hydrogens is 562 g/mol. The standard InChI is InChI=1S/C31H24ClF4NO4/c1-40-28-14-10-21(20-7-11-23(12-8-20)31(34,35)36)16-24(28)29(38)37-27(30(39)41-2)15-18-3-5-19(6-4-18)22-9-13-26(33)25(32)17-22/h3-14,16-17,27H,15H2,1-2H3,(H,37,38). The average Bonchev–Trinajstić information content (AvgIpc) is 2.97. The fourth-order valence-corrected chi connectivity index (χ4v) is 4.41. The van der Waals surface area contributed by atoms with Gasteiger partial charge in [-0.25, -0.2) is 9.18 Å². The Bertz CT molecular complexity index is 1550. The second-order valence-electron chi connectivity index (χ2n) is 9.07. The lowest BCUT2D eigenvalue weighted by Crippen LogP contribution is -2.43. The molecule has 1 N–H and O–H groups in total. The number of methoxy groups -OCH3 is 2. The Balaban J connectivity index is 1.55. The van der Waals surface area contributed by atoms with Crippen LogP contribution < -0.4 is 10.1 Å². The van der Waals surface area contributed by atoms with Crippen molar-refractivity contribution >= 4 is 23.5 Å². The predicted octanol–water partition coefficient (Wildman–Crippen LogP) is 7.35. The summed E-state index contributed by atoms with van der Waals surface area (Å²) in [6.45, 7) is 0. The molecule has 0 aliphatic carbocycles. The molecule has 212 valence electrons. The third kappa shape index (κ3) is 7.05. The molecule has 0 bridgehead atoms. The van der Waals surface area contributed by atoms with Gasteiger partial charge in [0.2, 0.25) is 0 Å². The lowest BCUT2D eigenvalue weighted by atomic mass is 9.99. The smallest absolute Gasteiger partial charge is 0.416 e. The molecule has 0 fully saturated rings. The van der Waals surface area contributed by atoms with Crippen LogP contribution in [0, 0.1) is 5.82 Å². The van der Waals surface area contributed by atoms with Crippen LogP contribution in [0.2, 0.25) is 5.02 Å². The molecule has 0 heterocycles. The van der Waals surface area contributed by atoms with Crippen LogP contribution in [-0.4, -0.2) is 32.1 Å². The third-order valence-electron chi connectivity index (χ3n) is 6.43. The van der Waals surface area contributed by atoms with Gasteiger partial charge in [-0.2, -0.15) is 13.2 Å². The quantitative estimate of drug-likeness (QED) is 0.173. The molecule has 0 aliphatic rings. The number of esters is 1. The molecule has 41 heavy (non-hydrogen) atoms. The fourth-order valence-electron chi connectivity index (χ4n) is 4.23. The molecule has 1 amide bonds. The van der Waals surface area contributed by atoms with E-state index in [2.05, 4.69) is 5.32 Å². The molecule has 10 heteroatoms. The van der Waals surface area contributed by atoms with Crippen molar-refractivity contribution in [1.82, 2.24) is 5.32 Å². The van der Waals surface area contributed by atoms with Crippen molar-refractivity contribution in [2.45, 2.75) is 18.6 Å². The van der Waals surface area contributed by atoms with Crippen molar-refractivity contribution in [3.05, 3.63) is 112 Å². The zero-order valence-corrected chi connectivity index (χ0v) is 22.6. The van der Waals surface area contributed by atoms with E-state index in [0.29, 0.717) is 22.3 Å². The summed E-state index contributed by atoms with van der Waals surface area (Å²) < 4.78 is 62.6. The van der Waals surface area contributed by atoms with Crippen LogP contribution in [0.1, 0.15) is 21.5 Å². The Hall–Kier alpha value is -4.37. The Kier molecular flexibility index (Phi) is 8.98. The summed E-state index contributed by atoms with van der Waals surface area (Å²) in [5.74, 6) is -1.62. The molecule has 0 radical (unpaired) electrons. The van der Waals surface area contributed by atoms with Crippen molar-refractivity contribution in [2.24, 2.45) is 0 Å². The minimum absolute atomic E-state index is 0.00198. The lowest BCUT2D eigenvalue weighted by Gasteiger charge is -2.18. The van der Waals surface area contributed by atoms with Crippen molar-refractivity contribution in [3.63, 3.8) is 0 Å². The molecule has 0 saturated heterocycles. The highest BCUT2D eigenvalue weighted by Gasteiger charge is 2.30. The number of hydrogen-bond donors (Lipinski definition) is 1. The zero-order chi connectivity index (χ0) is 29.7. The average molecular weight is 586 g/mol. The van der Waals surface area contributed by atoms with E-state index in [1.165, 1.54) is 50.6 Å². The molecule has 0 saturated carbocycles. The van der Waals surface area contributed by atoms with Gasteiger partial charge in [-0.15, -0.1) is 0 Å². The Morgan fingerprint density at radius 3 is 1.95 bits per heavy atom. The number of amides is 1. The van der Waals surface area contributed by atoms with E-state index in [4.69, 9.17) is 21.1 Å². The number of benzene rings is 4. The van der Waals surface area contributed by atoms with Crippen molar-refractivity contribution < 1.29 is 36.6 Å². The summed E-state index contributed by atoms with van der Waals surface area (Å²) in [6.07, 6.45) is -4.37. The monoisotopic (exact) mass is 585 g/mol. The van der Waals surface area contributed by atoms with E-state index in [1.807, 2.05) is 0 Å². The number of hydrogen-bond acceptors (Lipinski definition) is 4. The van der Waals surface area contributed by atoms with Crippen molar-refractivity contribution in [3.8, 4) is 28.0 Å². The Labute approximate surface area is 238 Å². The summed E-state index contributed by atoms with van der Waals surface area (Å²) in [5.41, 5.74) is 2.44. The molecule has 4 rings (SSSR count). The number of halogens is 5. The second kappa shape index (κ2) is 12.4. The topological polar surface area (TPSA) is 64.6 Å². The molecule has 4 aromatic carbocycles. The van der Waals surface area contributed by atoms with Gasteiger partial charge in [0.15, 0.2) is 0 Å². The molecular formula is C31H24ClF4NO4. The molecule has 1 atom stereocenters. The van der Waals surface area contributed by atoms with Crippen LogP contribution in [-0.2, 0) is 22.1 Å². The van der Waals surface area contributed by atoms with E-state index in [0.717, 1.165) is 17.7 Å². The van der Waals surface area contributed by atoms with E-state index in [9.17, 15) is 27.2 Å². The van der Waals surface area contributed by atoms with E-state index >= 15 is 0 Å². The number of alkyl halides is 3. The van der Waals surface area contributed by atoms with Gasteiger partial charge in [-0.3, -0.25) is 4.79 Å². The van der Waals surface area contributed by atoms with E-state index in [-0.39, 0.29) is 22.8 Å². The second-order valence-corrected chi connectivity index (χ2v) is 9.48. The van der Waals surface area contributed by atoms with Gasteiger partial charge < -0.3 is 14.8 Å². The normalized spacial score (nSPS) is 12.0. The summed E-state index contributed by atoms with van der Waals surface area (Å²) in [6, 6.07) is 19.6. The Morgan fingerprint density at radius 2 is 1.39 bits per heavy atom. The van der Waals surface area contributed by atoms with Gasteiger partial charge in [0.05, 0.1) is 30.4 Å². The lowest BCUT2D eigenvalue weighted by molar-refractivity contribution is -0.143. The summed E-state index contributed by atoms with van der Waals surface area (Å²) in [4.78, 5) is 25.9. The summed E-state index contributed by atoms with van der Waals surface area (Å²) in [5, 5.41) is 2.67. The fraction of sp³-hybridized carbons (Fsp3) is 0.161. The first-order chi connectivity index (χ1) is 19.5. The first kappa shape index (κ1) is 29.6. The van der Waals surface area contributed by atoms with Gasteiger partial charge in [0.1, 0.15) is 17.6 Å². The summed E-state index contributed by atoms with van der Waals surface area (Å²) >= 11 is 5.89. The summed E-state index contributed by atoms with van der Waals surface area (Å²) in [7, 11) is 2.58. The van der Waals surface area contributed by atoms with Crippen LogP contribution in [0.4, 0.5) is 17.6 Å². The largest absolute Gasteiger partial charge is 0.496 e. The van der Waals surface area contributed by atoms with Crippen molar-refractivity contribution in [1.29, 1.82) is 0 Å². The first-order valence-electron chi connectivity index (χ1n) is 12.3. The Morgan fingerprint density at radius 1 is 0.829 bits per heavy atom. The molecule has 0 spiro atoms. The van der Waals surface area contributed by atoms with Gasteiger partial charge in [-0.05, 0) is 64.2 Å². The highest BCUT2D eigenvalue weighted by molar-refractivity contribution is 6.31. The highest BCUT2D eigenvalue weighted by atomic mass is 35.5. The molecule has 4 aromatic rings. The minimum atomic E-state index is -4.47. The van der Waals surface area contributed by atoms with Gasteiger partial charge in [-0.1, -0.05) is 60.1 Å². The number of ether oxygens (including phenoxy) is 2. The zero-order valence-electron chi connectivity index (χ0n) is 21.9. The van der Waals surface area contributed by atoms with E-state index < -0.39 is 35.5 Å². The van der Waals surface area contributed by atoms with Crippen LogP contribution in [0.15, 0.2) is 84.9 Å². The number of rotatable bonds is 8. The maximum absolute atomic E-state index is 13.5. The van der Waals surface area contributed by atoms with Gasteiger partial charge in [0, 0.05) is 6.42 Å². The predicted molar refractivity (Wildman–Crippen MR) is 147 cm³/mol. The van der Waals surface area contributed by atoms with Gasteiger partial charge >= 0.3 is 12.1 Å². The van der Waals surface area contributed by atoms with Crippen LogP contribution >= 0.6 is 11.6 Å². The SMILES string of the molecule is COC(=O)C(Cc1ccc(-c2ccc(F)c(Cl)c2)cc1)NC(=O)c1cc(-c2ccc(C(F)(F)F)cc2)ccc1OC. The number of carbonyl (C=O) groups is 2. The van der Waals surface area contributed by atoms with Crippen LogP contribution in [0.5, 0.6) is 5.75 Å². The molecule has 5 nitrogen and oxygen atoms in total. The minimum Gasteiger partial charge on any atom is -0.496 e. The maximum Gasteiger partial charge on any atom is 0.416 e. The molecule has 1 unspecified atom stereocenters. The van der Waals surface area contributed by atoms with Crippen molar-refractivity contribution in [2.75, 3.05) is 14.2 Å². The third-order valence-corrected chi connectivity index (χ3v) is 6.72. The number of carbonyl (C=O) groups excluding carboxylic acids is 2. The van der Waals surface area contributed by atoms with E-state index in [1.54, 1.807) is 36.4 Å². The first-order valence-corrected chi connectivity index (χ1v) is 12.7. The molecule has 0 aliphatic heterocycles. The molecule has 0 aromatic heterocycles.